The van der Waals surface area contributed by atoms with Crippen molar-refractivity contribution in [2.45, 2.75) is 32.9 Å². The summed E-state index contributed by atoms with van der Waals surface area (Å²) < 4.78 is 7.34. The molecule has 0 aliphatic carbocycles. The topological polar surface area (TPSA) is 47.3 Å². The van der Waals surface area contributed by atoms with Gasteiger partial charge in [0.25, 0.3) is 0 Å². The molecule has 1 unspecified atom stereocenters. The molecule has 1 aromatic heterocycles. The average Bonchev–Trinajstić information content (AvgIpc) is 2.74. The van der Waals surface area contributed by atoms with E-state index in [0.717, 1.165) is 11.4 Å². The largest absolute Gasteiger partial charge is 0.491 e. The molecule has 1 atom stereocenters. The van der Waals surface area contributed by atoms with Crippen molar-refractivity contribution in [2.75, 3.05) is 6.61 Å². The van der Waals surface area contributed by atoms with E-state index in [0.29, 0.717) is 28.8 Å². The normalized spacial score (nSPS) is 12.4. The minimum Gasteiger partial charge on any atom is -0.491 e. The van der Waals surface area contributed by atoms with Gasteiger partial charge in [-0.05, 0) is 38.1 Å². The maximum absolute atomic E-state index is 10.1. The van der Waals surface area contributed by atoms with E-state index in [2.05, 4.69) is 5.10 Å². The lowest BCUT2D eigenvalue weighted by molar-refractivity contribution is 0.106. The second kappa shape index (κ2) is 7.16. The third kappa shape index (κ3) is 4.13. The zero-order chi connectivity index (χ0) is 15.4. The number of aromatic nitrogens is 2. The first kappa shape index (κ1) is 16.1. The molecule has 0 fully saturated rings. The summed E-state index contributed by atoms with van der Waals surface area (Å²) in [6.45, 7) is 4.75. The molecular formula is C15H18Cl2N2O2. The molecular weight excluding hydrogens is 311 g/mol. The molecule has 0 bridgehead atoms. The van der Waals surface area contributed by atoms with Crippen molar-refractivity contribution < 1.29 is 9.84 Å². The molecule has 0 radical (unpaired) electrons. The van der Waals surface area contributed by atoms with Gasteiger partial charge < -0.3 is 9.84 Å². The first-order valence-corrected chi connectivity index (χ1v) is 7.55. The Morgan fingerprint density at radius 1 is 1.29 bits per heavy atom. The minimum atomic E-state index is -0.653. The minimum absolute atomic E-state index is 0.186. The maximum atomic E-state index is 10.1. The number of aryl methyl sites for hydroxylation is 2. The van der Waals surface area contributed by atoms with Crippen LogP contribution in [0, 0.1) is 6.92 Å². The summed E-state index contributed by atoms with van der Waals surface area (Å²) in [5.41, 5.74) is 1.61. The highest BCUT2D eigenvalue weighted by molar-refractivity contribution is 6.31. The number of benzene rings is 1. The third-order valence-electron chi connectivity index (χ3n) is 3.14. The van der Waals surface area contributed by atoms with E-state index >= 15 is 0 Å². The average molecular weight is 329 g/mol. The standard InChI is InChI=1S/C15H18Cl2N2O2/c1-3-19-14(15(17)10(2)18-19)8-12(20)9-21-13-6-4-11(16)5-7-13/h4-7,12,20H,3,8-9H2,1-2H3. The Balaban J connectivity index is 1.95. The fraction of sp³-hybridized carbons (Fsp3) is 0.400. The highest BCUT2D eigenvalue weighted by Gasteiger charge is 2.16. The van der Waals surface area contributed by atoms with Crippen molar-refractivity contribution in [3.63, 3.8) is 0 Å². The molecule has 114 valence electrons. The van der Waals surface area contributed by atoms with Gasteiger partial charge >= 0.3 is 0 Å². The number of halogens is 2. The lowest BCUT2D eigenvalue weighted by Crippen LogP contribution is -2.22. The van der Waals surface area contributed by atoms with Crippen LogP contribution in [-0.2, 0) is 13.0 Å². The molecule has 0 amide bonds. The highest BCUT2D eigenvalue weighted by atomic mass is 35.5. The van der Waals surface area contributed by atoms with E-state index in [1.54, 1.807) is 24.3 Å². The van der Waals surface area contributed by atoms with Crippen LogP contribution in [0.3, 0.4) is 0 Å². The van der Waals surface area contributed by atoms with Gasteiger partial charge in [-0.1, -0.05) is 23.2 Å². The summed E-state index contributed by atoms with van der Waals surface area (Å²) in [6.07, 6.45) is -0.249. The second-order valence-corrected chi connectivity index (χ2v) is 5.60. The summed E-state index contributed by atoms with van der Waals surface area (Å²) in [5.74, 6) is 0.671. The molecule has 4 nitrogen and oxygen atoms in total. The van der Waals surface area contributed by atoms with Crippen molar-refractivity contribution in [3.05, 3.63) is 45.7 Å². The maximum Gasteiger partial charge on any atom is 0.119 e. The van der Waals surface area contributed by atoms with Gasteiger partial charge in [0, 0.05) is 18.0 Å². The van der Waals surface area contributed by atoms with Crippen molar-refractivity contribution in [1.29, 1.82) is 0 Å². The first-order chi connectivity index (χ1) is 10.0. The summed E-state index contributed by atoms with van der Waals surface area (Å²) in [5, 5.41) is 15.7. The number of aliphatic hydroxyl groups is 1. The fourth-order valence-corrected chi connectivity index (χ4v) is 2.41. The second-order valence-electron chi connectivity index (χ2n) is 4.78. The zero-order valence-corrected chi connectivity index (χ0v) is 13.5. The summed E-state index contributed by atoms with van der Waals surface area (Å²) in [4.78, 5) is 0. The molecule has 0 saturated heterocycles. The van der Waals surface area contributed by atoms with E-state index in [4.69, 9.17) is 27.9 Å². The molecule has 2 aromatic rings. The number of nitrogens with zero attached hydrogens (tertiary/aromatic N) is 2. The van der Waals surface area contributed by atoms with Gasteiger partial charge in [-0.2, -0.15) is 5.10 Å². The van der Waals surface area contributed by atoms with Gasteiger partial charge in [-0.3, -0.25) is 4.68 Å². The van der Waals surface area contributed by atoms with Crippen LogP contribution in [0.1, 0.15) is 18.3 Å². The van der Waals surface area contributed by atoms with Crippen LogP contribution in [0.4, 0.5) is 0 Å². The monoisotopic (exact) mass is 328 g/mol. The van der Waals surface area contributed by atoms with Crippen molar-refractivity contribution in [3.8, 4) is 5.75 Å². The van der Waals surface area contributed by atoms with E-state index in [9.17, 15) is 5.11 Å². The van der Waals surface area contributed by atoms with Gasteiger partial charge in [0.15, 0.2) is 0 Å². The van der Waals surface area contributed by atoms with Gasteiger partial charge in [-0.15, -0.1) is 0 Å². The molecule has 6 heteroatoms. The Morgan fingerprint density at radius 2 is 1.95 bits per heavy atom. The third-order valence-corrected chi connectivity index (χ3v) is 3.88. The molecule has 0 aliphatic rings. The summed E-state index contributed by atoms with van der Waals surface area (Å²) in [6, 6.07) is 7.02. The van der Waals surface area contributed by atoms with Gasteiger partial charge in [0.05, 0.1) is 22.5 Å². The SMILES string of the molecule is CCn1nc(C)c(Cl)c1CC(O)COc1ccc(Cl)cc1. The number of hydrogen-bond donors (Lipinski definition) is 1. The molecule has 0 saturated carbocycles. The van der Waals surface area contributed by atoms with Crippen LogP contribution in [0.5, 0.6) is 5.75 Å². The highest BCUT2D eigenvalue weighted by Crippen LogP contribution is 2.22. The van der Waals surface area contributed by atoms with E-state index in [-0.39, 0.29) is 6.61 Å². The van der Waals surface area contributed by atoms with E-state index in [1.165, 1.54) is 0 Å². The lowest BCUT2D eigenvalue weighted by atomic mass is 10.2. The molecule has 21 heavy (non-hydrogen) atoms. The van der Waals surface area contributed by atoms with Crippen LogP contribution < -0.4 is 4.74 Å². The van der Waals surface area contributed by atoms with Crippen molar-refractivity contribution in [2.24, 2.45) is 0 Å². The van der Waals surface area contributed by atoms with Crippen LogP contribution in [-0.4, -0.2) is 27.6 Å². The molecule has 0 spiro atoms. The number of hydrogen-bond acceptors (Lipinski definition) is 3. The van der Waals surface area contributed by atoms with Gasteiger partial charge in [0.2, 0.25) is 0 Å². The summed E-state index contributed by atoms with van der Waals surface area (Å²) >= 11 is 12.0. The molecule has 2 rings (SSSR count). The number of rotatable bonds is 6. The Labute approximate surface area is 134 Å². The van der Waals surface area contributed by atoms with Crippen molar-refractivity contribution >= 4 is 23.2 Å². The molecule has 0 aliphatic heterocycles. The van der Waals surface area contributed by atoms with Crippen LogP contribution >= 0.6 is 23.2 Å². The van der Waals surface area contributed by atoms with Crippen LogP contribution in [0.15, 0.2) is 24.3 Å². The molecule has 1 heterocycles. The van der Waals surface area contributed by atoms with E-state index in [1.807, 2.05) is 18.5 Å². The molecule has 1 N–H and O–H groups in total. The number of ether oxygens (including phenoxy) is 1. The Morgan fingerprint density at radius 3 is 2.57 bits per heavy atom. The van der Waals surface area contributed by atoms with E-state index < -0.39 is 6.10 Å². The smallest absolute Gasteiger partial charge is 0.119 e. The first-order valence-electron chi connectivity index (χ1n) is 6.79. The number of aliphatic hydroxyl groups excluding tert-OH is 1. The predicted molar refractivity (Wildman–Crippen MR) is 84.3 cm³/mol. The van der Waals surface area contributed by atoms with Crippen molar-refractivity contribution in [1.82, 2.24) is 9.78 Å². The van der Waals surface area contributed by atoms with Gasteiger partial charge in [-0.25, -0.2) is 0 Å². The fourth-order valence-electron chi connectivity index (χ4n) is 2.07. The van der Waals surface area contributed by atoms with Crippen LogP contribution in [0.2, 0.25) is 10.0 Å². The van der Waals surface area contributed by atoms with Gasteiger partial charge in [0.1, 0.15) is 12.4 Å². The lowest BCUT2D eigenvalue weighted by Gasteiger charge is -2.13. The Bertz CT molecular complexity index is 596. The zero-order valence-electron chi connectivity index (χ0n) is 12.0. The predicted octanol–water partition coefficient (Wildman–Crippen LogP) is 3.50. The quantitative estimate of drug-likeness (QED) is 0.882. The Hall–Kier alpha value is -1.23. The molecule has 1 aromatic carbocycles. The van der Waals surface area contributed by atoms with Crippen LogP contribution in [0.25, 0.3) is 0 Å². The summed E-state index contributed by atoms with van der Waals surface area (Å²) in [7, 11) is 0. The Kier molecular flexibility index (Phi) is 5.51.